The van der Waals surface area contributed by atoms with Gasteiger partial charge in [0.15, 0.2) is 4.80 Å². The highest BCUT2D eigenvalue weighted by molar-refractivity contribution is 7.09. The second-order valence-corrected chi connectivity index (χ2v) is 7.21. The zero-order valence-electron chi connectivity index (χ0n) is 15.0. The van der Waals surface area contributed by atoms with Gasteiger partial charge in [0.25, 0.3) is 0 Å². The number of nitrogens with zero attached hydrogens (tertiary/aromatic N) is 3. The number of alkyl halides is 3. The average Bonchev–Trinajstić information content (AvgIpc) is 2.93. The highest BCUT2D eigenvalue weighted by Crippen LogP contribution is 2.29. The molecule has 0 N–H and O–H groups in total. The standard InChI is InChI=1S/C18H22F3N3OS/c1-4-5-10-23(3)11-16-12-24(17(26-16)22-13(2)25)15-8-6-14(7-9-15)18(19,20)21/h6-9,12H,4-5,10-11H2,1-3H3. The van der Waals surface area contributed by atoms with Gasteiger partial charge in [0, 0.05) is 30.2 Å². The Kier molecular flexibility index (Phi) is 6.77. The summed E-state index contributed by atoms with van der Waals surface area (Å²) in [7, 11) is 2.01. The summed E-state index contributed by atoms with van der Waals surface area (Å²) in [4.78, 5) is 19.0. The molecule has 0 saturated carbocycles. The summed E-state index contributed by atoms with van der Waals surface area (Å²) in [6, 6.07) is 4.84. The first-order chi connectivity index (χ1) is 12.2. The fourth-order valence-corrected chi connectivity index (χ4v) is 3.55. The molecule has 1 heterocycles. The molecular weight excluding hydrogens is 363 g/mol. The molecule has 2 aromatic rings. The second kappa shape index (κ2) is 8.64. The van der Waals surface area contributed by atoms with Crippen LogP contribution in [0.25, 0.3) is 5.69 Å². The molecule has 0 atom stereocenters. The summed E-state index contributed by atoms with van der Waals surface area (Å²) in [5.41, 5.74) is -0.168. The normalized spacial score (nSPS) is 12.8. The highest BCUT2D eigenvalue weighted by atomic mass is 32.1. The van der Waals surface area contributed by atoms with E-state index in [1.54, 1.807) is 4.57 Å². The fraction of sp³-hybridized carbons (Fsp3) is 0.444. The van der Waals surface area contributed by atoms with Crippen LogP contribution in [0.15, 0.2) is 35.5 Å². The third kappa shape index (κ3) is 5.54. The van der Waals surface area contributed by atoms with Gasteiger partial charge in [-0.1, -0.05) is 24.7 Å². The molecule has 0 aliphatic heterocycles. The minimum Gasteiger partial charge on any atom is -0.301 e. The Labute approximate surface area is 154 Å². The van der Waals surface area contributed by atoms with Crippen LogP contribution >= 0.6 is 11.3 Å². The summed E-state index contributed by atoms with van der Waals surface area (Å²) in [5, 5.41) is 0. The van der Waals surface area contributed by atoms with E-state index in [1.807, 2.05) is 13.2 Å². The van der Waals surface area contributed by atoms with Gasteiger partial charge in [-0.25, -0.2) is 0 Å². The number of hydrogen-bond donors (Lipinski definition) is 0. The van der Waals surface area contributed by atoms with E-state index in [0.717, 1.165) is 36.4 Å². The monoisotopic (exact) mass is 385 g/mol. The van der Waals surface area contributed by atoms with Gasteiger partial charge in [-0.05, 0) is 44.3 Å². The second-order valence-electron chi connectivity index (χ2n) is 6.12. The predicted octanol–water partition coefficient (Wildman–Crippen LogP) is 4.24. The van der Waals surface area contributed by atoms with Gasteiger partial charge in [-0.15, -0.1) is 0 Å². The number of rotatable bonds is 6. The van der Waals surface area contributed by atoms with Crippen molar-refractivity contribution in [1.29, 1.82) is 0 Å². The minimum atomic E-state index is -4.38. The molecule has 1 amide bonds. The molecule has 2 rings (SSSR count). The van der Waals surface area contributed by atoms with Crippen molar-refractivity contribution in [2.24, 2.45) is 4.99 Å². The fourth-order valence-electron chi connectivity index (χ4n) is 2.45. The smallest absolute Gasteiger partial charge is 0.301 e. The lowest BCUT2D eigenvalue weighted by molar-refractivity contribution is -0.137. The lowest BCUT2D eigenvalue weighted by Crippen LogP contribution is -2.18. The lowest BCUT2D eigenvalue weighted by atomic mass is 10.2. The van der Waals surface area contributed by atoms with Gasteiger partial charge in [0.1, 0.15) is 0 Å². The van der Waals surface area contributed by atoms with Crippen molar-refractivity contribution in [2.75, 3.05) is 13.6 Å². The van der Waals surface area contributed by atoms with Crippen molar-refractivity contribution in [3.8, 4) is 5.69 Å². The number of thiazole rings is 1. The van der Waals surface area contributed by atoms with Crippen LogP contribution in [-0.2, 0) is 17.5 Å². The Hall–Kier alpha value is -1.93. The van der Waals surface area contributed by atoms with E-state index in [9.17, 15) is 18.0 Å². The van der Waals surface area contributed by atoms with E-state index in [4.69, 9.17) is 0 Å². The van der Waals surface area contributed by atoms with E-state index in [1.165, 1.54) is 30.4 Å². The zero-order valence-corrected chi connectivity index (χ0v) is 15.8. The quantitative estimate of drug-likeness (QED) is 0.746. The summed E-state index contributed by atoms with van der Waals surface area (Å²) in [6.07, 6.45) is -0.355. The topological polar surface area (TPSA) is 37.6 Å². The molecule has 0 radical (unpaired) electrons. The Balaban J connectivity index is 2.36. The van der Waals surface area contributed by atoms with Crippen LogP contribution in [0.4, 0.5) is 13.2 Å². The zero-order chi connectivity index (χ0) is 19.3. The molecule has 26 heavy (non-hydrogen) atoms. The van der Waals surface area contributed by atoms with Crippen LogP contribution in [0.5, 0.6) is 0 Å². The van der Waals surface area contributed by atoms with Crippen LogP contribution < -0.4 is 4.80 Å². The molecular formula is C18H22F3N3OS. The Morgan fingerprint density at radius 2 is 1.92 bits per heavy atom. The van der Waals surface area contributed by atoms with Crippen molar-refractivity contribution in [3.63, 3.8) is 0 Å². The summed E-state index contributed by atoms with van der Waals surface area (Å²) >= 11 is 1.37. The molecule has 0 bridgehead atoms. The van der Waals surface area contributed by atoms with E-state index >= 15 is 0 Å². The van der Waals surface area contributed by atoms with Crippen molar-refractivity contribution in [2.45, 2.75) is 39.4 Å². The van der Waals surface area contributed by atoms with Gasteiger partial charge < -0.3 is 4.90 Å². The molecule has 0 spiro atoms. The Morgan fingerprint density at radius 1 is 1.27 bits per heavy atom. The largest absolute Gasteiger partial charge is 0.416 e. The Morgan fingerprint density at radius 3 is 2.46 bits per heavy atom. The molecule has 0 aliphatic carbocycles. The molecule has 4 nitrogen and oxygen atoms in total. The number of carbonyl (C=O) groups is 1. The van der Waals surface area contributed by atoms with Crippen molar-refractivity contribution in [3.05, 3.63) is 45.7 Å². The van der Waals surface area contributed by atoms with Gasteiger partial charge >= 0.3 is 6.18 Å². The number of benzene rings is 1. The van der Waals surface area contributed by atoms with Gasteiger partial charge in [-0.3, -0.25) is 9.36 Å². The highest BCUT2D eigenvalue weighted by Gasteiger charge is 2.30. The summed E-state index contributed by atoms with van der Waals surface area (Å²) in [6.45, 7) is 5.12. The van der Waals surface area contributed by atoms with Gasteiger partial charge in [0.2, 0.25) is 5.91 Å². The van der Waals surface area contributed by atoms with Gasteiger partial charge in [-0.2, -0.15) is 18.2 Å². The first-order valence-electron chi connectivity index (χ1n) is 8.33. The maximum Gasteiger partial charge on any atom is 0.416 e. The molecule has 0 saturated heterocycles. The van der Waals surface area contributed by atoms with Crippen molar-refractivity contribution >= 4 is 17.2 Å². The average molecular weight is 385 g/mol. The molecule has 0 aliphatic rings. The van der Waals surface area contributed by atoms with E-state index in [2.05, 4.69) is 16.8 Å². The molecule has 1 aromatic carbocycles. The molecule has 0 fully saturated rings. The van der Waals surface area contributed by atoms with Gasteiger partial charge in [0.05, 0.1) is 5.56 Å². The van der Waals surface area contributed by atoms with Crippen LogP contribution in [0.2, 0.25) is 0 Å². The number of aromatic nitrogens is 1. The predicted molar refractivity (Wildman–Crippen MR) is 96.1 cm³/mol. The van der Waals surface area contributed by atoms with Crippen molar-refractivity contribution < 1.29 is 18.0 Å². The van der Waals surface area contributed by atoms with E-state index in [-0.39, 0.29) is 5.91 Å². The molecule has 8 heteroatoms. The maximum absolute atomic E-state index is 12.7. The Bertz CT molecular complexity index is 806. The maximum atomic E-state index is 12.7. The van der Waals surface area contributed by atoms with E-state index in [0.29, 0.717) is 17.0 Å². The summed E-state index contributed by atoms with van der Waals surface area (Å²) < 4.78 is 39.9. The van der Waals surface area contributed by atoms with E-state index < -0.39 is 11.7 Å². The number of hydrogen-bond acceptors (Lipinski definition) is 3. The van der Waals surface area contributed by atoms with Crippen LogP contribution in [0.1, 0.15) is 37.1 Å². The number of halogens is 3. The molecule has 0 unspecified atom stereocenters. The third-order valence-corrected chi connectivity index (χ3v) is 4.71. The summed E-state index contributed by atoms with van der Waals surface area (Å²) in [5.74, 6) is -0.349. The van der Waals surface area contributed by atoms with Crippen LogP contribution in [0, 0.1) is 0 Å². The SMILES string of the molecule is CCCCN(C)Cc1cn(-c2ccc(C(F)(F)F)cc2)c(=NC(C)=O)s1. The number of carbonyl (C=O) groups excluding carboxylic acids is 1. The number of amides is 1. The van der Waals surface area contributed by atoms with Crippen molar-refractivity contribution in [1.82, 2.24) is 9.47 Å². The van der Waals surface area contributed by atoms with Crippen LogP contribution in [0.3, 0.4) is 0 Å². The van der Waals surface area contributed by atoms with Crippen LogP contribution in [-0.4, -0.2) is 29.0 Å². The molecule has 142 valence electrons. The minimum absolute atomic E-state index is 0.349. The molecule has 1 aromatic heterocycles. The first kappa shape index (κ1) is 20.4. The number of unbranched alkanes of at least 4 members (excludes halogenated alkanes) is 1. The lowest BCUT2D eigenvalue weighted by Gasteiger charge is -2.14. The first-order valence-corrected chi connectivity index (χ1v) is 9.15. The third-order valence-electron chi connectivity index (χ3n) is 3.75.